The van der Waals surface area contributed by atoms with Gasteiger partial charge < -0.3 is 5.11 Å². The molecule has 0 spiro atoms. The molecule has 2 aromatic heterocycles. The number of imidazole rings is 1. The predicted molar refractivity (Wildman–Crippen MR) is 217 cm³/mol. The van der Waals surface area contributed by atoms with Gasteiger partial charge in [0.15, 0.2) is 0 Å². The third-order valence-electron chi connectivity index (χ3n) is 10.1. The van der Waals surface area contributed by atoms with Crippen molar-refractivity contribution in [2.45, 2.75) is 10.6 Å². The molecular formula is C44H27B4N3O. The highest BCUT2D eigenvalue weighted by molar-refractivity contribution is 6.53. The second-order valence-electron chi connectivity index (χ2n) is 13.4. The fraction of sp³-hybridized carbons (Fsp3) is 0.0455. The van der Waals surface area contributed by atoms with Crippen LogP contribution in [-0.2, 0) is 5.21 Å². The van der Waals surface area contributed by atoms with Gasteiger partial charge in [-0.05, 0) is 119 Å². The van der Waals surface area contributed by atoms with Crippen LogP contribution in [0, 0.1) is 0 Å². The molecule has 0 saturated carbocycles. The summed E-state index contributed by atoms with van der Waals surface area (Å²) in [6.07, 6.45) is 3.64. The van der Waals surface area contributed by atoms with Crippen LogP contribution in [-0.4, -0.2) is 56.4 Å². The number of benzene rings is 7. The van der Waals surface area contributed by atoms with Crippen molar-refractivity contribution in [3.05, 3.63) is 164 Å². The minimum atomic E-state index is -2.43. The molecule has 4 nitrogen and oxygen atoms in total. The molecule has 8 radical (unpaired) electrons. The Labute approximate surface area is 306 Å². The maximum absolute atomic E-state index is 10.5. The number of nitrogens with zero attached hydrogens (tertiary/aromatic N) is 3. The van der Waals surface area contributed by atoms with Crippen LogP contribution >= 0.6 is 0 Å². The molecule has 236 valence electrons. The van der Waals surface area contributed by atoms with Gasteiger partial charge in [0, 0.05) is 18.1 Å². The monoisotopic (exact) mass is 657 g/mol. The van der Waals surface area contributed by atoms with Gasteiger partial charge in [-0.2, -0.15) is 0 Å². The number of fused-ring (bicyclic) bond motifs is 4. The summed E-state index contributed by atoms with van der Waals surface area (Å²) >= 11 is 0. The number of hydrogen-bond donors (Lipinski definition) is 1. The summed E-state index contributed by atoms with van der Waals surface area (Å²) in [6, 6.07) is 50.3. The second kappa shape index (κ2) is 12.1. The lowest BCUT2D eigenvalue weighted by Gasteiger charge is -2.39. The Morgan fingerprint density at radius 1 is 0.500 bits per heavy atom. The van der Waals surface area contributed by atoms with Crippen molar-refractivity contribution in [1.82, 2.24) is 14.5 Å². The van der Waals surface area contributed by atoms with Gasteiger partial charge >= 0.3 is 0 Å². The average Bonchev–Trinajstić information content (AvgIpc) is 3.57. The number of aliphatic hydroxyl groups is 1. The van der Waals surface area contributed by atoms with Crippen LogP contribution in [0.25, 0.3) is 82.4 Å². The maximum Gasteiger partial charge on any atom is 0.104 e. The molecule has 7 aromatic carbocycles. The van der Waals surface area contributed by atoms with E-state index in [4.69, 9.17) is 31.4 Å². The average molecular weight is 657 g/mol. The minimum Gasteiger partial charge on any atom is -0.410 e. The zero-order valence-electron chi connectivity index (χ0n) is 28.1. The van der Waals surface area contributed by atoms with E-state index in [0.717, 1.165) is 44.2 Å². The SMILES string of the molecule is [B]C([B])(O)C([B])([B])c1nc2ccccc2n1-c1ccc2cc(-c3c4ccccc4c(-c4ccc(-c5ccncc5)cc4)c4ccccc34)ccc2c1. The molecule has 9 rings (SSSR count). The number of rotatable bonds is 6. The normalized spacial score (nSPS) is 12.2. The summed E-state index contributed by atoms with van der Waals surface area (Å²) in [6.45, 7) is 0. The summed E-state index contributed by atoms with van der Waals surface area (Å²) in [5.74, 6) is 0.141. The third kappa shape index (κ3) is 5.17. The van der Waals surface area contributed by atoms with Gasteiger partial charge in [-0.3, -0.25) is 9.55 Å². The highest BCUT2D eigenvalue weighted by Crippen LogP contribution is 2.44. The first kappa shape index (κ1) is 32.1. The lowest BCUT2D eigenvalue weighted by Crippen LogP contribution is -2.55. The minimum absolute atomic E-state index is 0.141. The second-order valence-corrected chi connectivity index (χ2v) is 13.4. The topological polar surface area (TPSA) is 50.9 Å². The van der Waals surface area contributed by atoms with Crippen LogP contribution in [0.15, 0.2) is 158 Å². The van der Waals surface area contributed by atoms with Crippen molar-refractivity contribution in [1.29, 1.82) is 0 Å². The fourth-order valence-electron chi connectivity index (χ4n) is 7.40. The van der Waals surface area contributed by atoms with E-state index in [1.54, 1.807) is 4.57 Å². The Balaban J connectivity index is 1.20. The highest BCUT2D eigenvalue weighted by Gasteiger charge is 2.38. The van der Waals surface area contributed by atoms with Gasteiger partial charge in [0.25, 0.3) is 0 Å². The molecule has 8 heteroatoms. The summed E-state index contributed by atoms with van der Waals surface area (Å²) in [7, 11) is 24.5. The zero-order valence-corrected chi connectivity index (χ0v) is 28.1. The third-order valence-corrected chi connectivity index (χ3v) is 10.1. The van der Waals surface area contributed by atoms with Gasteiger partial charge in [0.1, 0.15) is 5.82 Å². The molecule has 0 unspecified atom stereocenters. The van der Waals surface area contributed by atoms with E-state index < -0.39 is 10.6 Å². The van der Waals surface area contributed by atoms with Gasteiger partial charge in [-0.25, -0.2) is 4.98 Å². The van der Waals surface area contributed by atoms with Crippen molar-refractivity contribution in [2.75, 3.05) is 0 Å². The van der Waals surface area contributed by atoms with Crippen LogP contribution in [0.3, 0.4) is 0 Å². The Morgan fingerprint density at radius 3 is 1.63 bits per heavy atom. The Morgan fingerprint density at radius 2 is 1.00 bits per heavy atom. The van der Waals surface area contributed by atoms with Crippen molar-refractivity contribution >= 4 is 74.7 Å². The van der Waals surface area contributed by atoms with E-state index in [1.165, 1.54) is 32.7 Å². The number of aromatic nitrogens is 3. The molecule has 0 aliphatic heterocycles. The van der Waals surface area contributed by atoms with Crippen LogP contribution in [0.4, 0.5) is 0 Å². The van der Waals surface area contributed by atoms with Crippen LogP contribution in [0.1, 0.15) is 5.82 Å². The molecular weight excluding hydrogens is 630 g/mol. The first-order valence-corrected chi connectivity index (χ1v) is 17.0. The largest absolute Gasteiger partial charge is 0.410 e. The van der Waals surface area contributed by atoms with Gasteiger partial charge in [-0.15, -0.1) is 0 Å². The Hall–Kier alpha value is -5.84. The molecule has 52 heavy (non-hydrogen) atoms. The van der Waals surface area contributed by atoms with E-state index in [9.17, 15) is 5.11 Å². The molecule has 9 aromatic rings. The Kier molecular flexibility index (Phi) is 7.49. The summed E-state index contributed by atoms with van der Waals surface area (Å²) in [4.78, 5) is 8.83. The molecule has 0 amide bonds. The maximum atomic E-state index is 10.5. The zero-order chi connectivity index (χ0) is 35.6. The van der Waals surface area contributed by atoms with E-state index in [-0.39, 0.29) is 5.82 Å². The standard InChI is InChI=1S/C44H27B4N3O/c45-43(46,44(47,48)52)42-50-38-11-5-6-12-39(38)51(42)33-20-19-30-25-32(18-17-31(30)26-33)41-36-9-3-1-7-34(36)40(35-8-2-4-10-37(35)41)29-15-13-27(14-16-29)28-21-23-49-24-22-28/h1-26,52H. The van der Waals surface area contributed by atoms with Crippen molar-refractivity contribution in [3.8, 4) is 39.1 Å². The summed E-state index contributed by atoms with van der Waals surface area (Å²) in [5.41, 5.74) is 9.10. The smallest absolute Gasteiger partial charge is 0.104 e. The van der Waals surface area contributed by atoms with Crippen LogP contribution in [0.2, 0.25) is 0 Å². The number of pyridine rings is 1. The van der Waals surface area contributed by atoms with Gasteiger partial charge in [0.2, 0.25) is 0 Å². The lowest BCUT2D eigenvalue weighted by atomic mass is 9.35. The van der Waals surface area contributed by atoms with Crippen molar-refractivity contribution in [2.24, 2.45) is 0 Å². The molecule has 0 saturated heterocycles. The lowest BCUT2D eigenvalue weighted by molar-refractivity contribution is 0.189. The molecule has 0 fully saturated rings. The predicted octanol–water partition coefficient (Wildman–Crippen LogP) is 8.35. The molecule has 0 aliphatic rings. The molecule has 0 aliphatic carbocycles. The summed E-state index contributed by atoms with van der Waals surface area (Å²) < 4.78 is 1.80. The van der Waals surface area contributed by atoms with E-state index in [1.807, 2.05) is 60.9 Å². The van der Waals surface area contributed by atoms with Crippen LogP contribution in [0.5, 0.6) is 0 Å². The molecule has 1 N–H and O–H groups in total. The van der Waals surface area contributed by atoms with Crippen molar-refractivity contribution < 1.29 is 5.11 Å². The van der Waals surface area contributed by atoms with E-state index in [2.05, 4.69) is 107 Å². The highest BCUT2D eigenvalue weighted by atomic mass is 16.3. The number of hydrogen-bond acceptors (Lipinski definition) is 3. The fourth-order valence-corrected chi connectivity index (χ4v) is 7.40. The summed E-state index contributed by atoms with van der Waals surface area (Å²) in [5, 5.41) is 12.8. The van der Waals surface area contributed by atoms with E-state index >= 15 is 0 Å². The quantitative estimate of drug-likeness (QED) is 0.145. The molecule has 0 bridgehead atoms. The van der Waals surface area contributed by atoms with Crippen molar-refractivity contribution in [3.63, 3.8) is 0 Å². The van der Waals surface area contributed by atoms with Gasteiger partial charge in [0.05, 0.1) is 42.4 Å². The first-order valence-electron chi connectivity index (χ1n) is 17.0. The van der Waals surface area contributed by atoms with E-state index in [0.29, 0.717) is 5.52 Å². The van der Waals surface area contributed by atoms with Gasteiger partial charge in [-0.1, -0.05) is 103 Å². The van der Waals surface area contributed by atoms with Crippen LogP contribution < -0.4 is 0 Å². The molecule has 0 atom stereocenters. The molecule has 2 heterocycles. The first-order chi connectivity index (χ1) is 25.2. The number of para-hydroxylation sites is 2. The Bertz CT molecular complexity index is 2750.